The van der Waals surface area contributed by atoms with Gasteiger partial charge >= 0.3 is 0 Å². The molecule has 0 atom stereocenters. The number of aryl methyl sites for hydroxylation is 1. The molecule has 1 aliphatic rings. The van der Waals surface area contributed by atoms with Crippen molar-refractivity contribution in [2.75, 3.05) is 26.2 Å². The number of hydrogen-bond donors (Lipinski definition) is 1. The highest BCUT2D eigenvalue weighted by Crippen LogP contribution is 2.20. The monoisotopic (exact) mass is 410 g/mol. The lowest BCUT2D eigenvalue weighted by Crippen LogP contribution is -3.14. The van der Waals surface area contributed by atoms with Crippen molar-refractivity contribution < 1.29 is 13.3 Å². The highest BCUT2D eigenvalue weighted by Gasteiger charge is 2.30. The second kappa shape index (κ2) is 8.22. The van der Waals surface area contributed by atoms with E-state index in [1.807, 2.05) is 28.3 Å². The van der Waals surface area contributed by atoms with Gasteiger partial charge in [-0.15, -0.1) is 0 Å². The Labute approximate surface area is 166 Å². The number of nitrogens with zero attached hydrogens (tertiary/aromatic N) is 4. The number of nitrogens with one attached hydrogen (secondary N) is 1. The first kappa shape index (κ1) is 20.2. The Morgan fingerprint density at radius 2 is 1.81 bits per heavy atom. The van der Waals surface area contributed by atoms with E-state index < -0.39 is 10.0 Å². The maximum atomic E-state index is 12.9. The number of sulfonamides is 1. The van der Waals surface area contributed by atoms with Crippen molar-refractivity contribution in [1.29, 1.82) is 0 Å². The molecule has 148 valence electrons. The lowest BCUT2D eigenvalue weighted by molar-refractivity contribution is -0.926. The Morgan fingerprint density at radius 3 is 2.33 bits per heavy atom. The molecule has 0 saturated carbocycles. The summed E-state index contributed by atoms with van der Waals surface area (Å²) in [6.45, 7) is 10.2. The SMILES string of the molecule is CCn1cnn(C[NH+]2CCN(S(=O)(=O)c3ccc(C(C)C)cc3)CC2)c1=S. The zero-order chi connectivity index (χ0) is 19.6. The van der Waals surface area contributed by atoms with Crippen molar-refractivity contribution in [3.05, 3.63) is 40.9 Å². The van der Waals surface area contributed by atoms with E-state index in [9.17, 15) is 8.42 Å². The summed E-state index contributed by atoms with van der Waals surface area (Å²) in [5.41, 5.74) is 1.14. The second-order valence-electron chi connectivity index (χ2n) is 7.24. The summed E-state index contributed by atoms with van der Waals surface area (Å²) in [5.74, 6) is 0.386. The average Bonchev–Trinajstić information content (AvgIpc) is 3.02. The lowest BCUT2D eigenvalue weighted by atomic mass is 10.0. The fourth-order valence-electron chi connectivity index (χ4n) is 3.28. The molecule has 1 saturated heterocycles. The van der Waals surface area contributed by atoms with E-state index in [2.05, 4.69) is 18.9 Å². The highest BCUT2D eigenvalue weighted by molar-refractivity contribution is 7.89. The van der Waals surface area contributed by atoms with E-state index >= 15 is 0 Å². The van der Waals surface area contributed by atoms with Crippen molar-refractivity contribution >= 4 is 22.2 Å². The van der Waals surface area contributed by atoms with E-state index in [1.165, 1.54) is 4.90 Å². The summed E-state index contributed by atoms with van der Waals surface area (Å²) >= 11 is 5.41. The Bertz CT molecular complexity index is 923. The summed E-state index contributed by atoms with van der Waals surface area (Å²) < 4.78 is 31.9. The van der Waals surface area contributed by atoms with Crippen LogP contribution < -0.4 is 4.90 Å². The van der Waals surface area contributed by atoms with Crippen molar-refractivity contribution in [2.45, 2.75) is 44.8 Å². The fraction of sp³-hybridized carbons (Fsp3) is 0.556. The topological polar surface area (TPSA) is 64.6 Å². The molecular weight excluding hydrogens is 382 g/mol. The maximum Gasteiger partial charge on any atom is 0.243 e. The highest BCUT2D eigenvalue weighted by atomic mass is 32.2. The van der Waals surface area contributed by atoms with Crippen LogP contribution in [0.3, 0.4) is 0 Å². The largest absolute Gasteiger partial charge is 0.314 e. The molecule has 3 rings (SSSR count). The Morgan fingerprint density at radius 1 is 1.19 bits per heavy atom. The molecule has 0 amide bonds. The number of hydrogen-bond acceptors (Lipinski definition) is 4. The standard InChI is InChI=1S/C18H27N5O2S2/c1-4-21-13-19-23(18(21)26)14-20-9-11-22(12-10-20)27(24,25)17-7-5-16(6-8-17)15(2)3/h5-8,13,15H,4,9-12,14H2,1-3H3/p+1. The molecule has 0 bridgehead atoms. The van der Waals surface area contributed by atoms with Gasteiger partial charge < -0.3 is 9.47 Å². The molecule has 1 fully saturated rings. The average molecular weight is 411 g/mol. The van der Waals surface area contributed by atoms with Gasteiger partial charge in [0.1, 0.15) is 6.33 Å². The van der Waals surface area contributed by atoms with E-state index in [0.717, 1.165) is 25.2 Å². The van der Waals surface area contributed by atoms with Gasteiger partial charge in [0.2, 0.25) is 14.8 Å². The summed E-state index contributed by atoms with van der Waals surface area (Å²) in [6, 6.07) is 7.26. The first-order chi connectivity index (χ1) is 12.8. The molecule has 1 aromatic carbocycles. The Hall–Kier alpha value is -1.55. The van der Waals surface area contributed by atoms with Gasteiger partial charge in [-0.1, -0.05) is 26.0 Å². The van der Waals surface area contributed by atoms with Crippen LogP contribution in [0.5, 0.6) is 0 Å². The van der Waals surface area contributed by atoms with Crippen LogP contribution in [0.1, 0.15) is 32.3 Å². The molecule has 0 aliphatic carbocycles. The van der Waals surface area contributed by atoms with Crippen LogP contribution in [0.25, 0.3) is 0 Å². The van der Waals surface area contributed by atoms with Gasteiger partial charge in [0.15, 0.2) is 6.67 Å². The van der Waals surface area contributed by atoms with E-state index in [-0.39, 0.29) is 0 Å². The van der Waals surface area contributed by atoms with Gasteiger partial charge in [0.25, 0.3) is 0 Å². The van der Waals surface area contributed by atoms with Crippen LogP contribution in [-0.2, 0) is 23.2 Å². The molecule has 27 heavy (non-hydrogen) atoms. The van der Waals surface area contributed by atoms with E-state index in [0.29, 0.717) is 35.3 Å². The number of quaternary nitrogens is 1. The number of piperazine rings is 1. The minimum Gasteiger partial charge on any atom is -0.314 e. The maximum absolute atomic E-state index is 12.9. The minimum absolute atomic E-state index is 0.374. The summed E-state index contributed by atoms with van der Waals surface area (Å²) in [5, 5.41) is 4.34. The van der Waals surface area contributed by atoms with Crippen molar-refractivity contribution in [3.63, 3.8) is 0 Å². The van der Waals surface area contributed by atoms with Crippen LogP contribution in [0.15, 0.2) is 35.5 Å². The van der Waals surface area contributed by atoms with Crippen molar-refractivity contribution in [3.8, 4) is 0 Å². The third-order valence-corrected chi connectivity index (χ3v) is 7.48. The number of aromatic nitrogens is 3. The third-order valence-electron chi connectivity index (χ3n) is 5.13. The molecule has 7 nitrogen and oxygen atoms in total. The third kappa shape index (κ3) is 4.31. The van der Waals surface area contributed by atoms with Gasteiger partial charge in [-0.25, -0.2) is 8.42 Å². The minimum atomic E-state index is -3.44. The summed E-state index contributed by atoms with van der Waals surface area (Å²) in [4.78, 5) is 1.66. The van der Waals surface area contributed by atoms with Crippen LogP contribution in [-0.4, -0.2) is 53.2 Å². The van der Waals surface area contributed by atoms with E-state index in [1.54, 1.807) is 22.8 Å². The first-order valence-electron chi connectivity index (χ1n) is 9.39. The fourth-order valence-corrected chi connectivity index (χ4v) is 5.01. The van der Waals surface area contributed by atoms with Crippen LogP contribution in [0.2, 0.25) is 0 Å². The molecule has 0 spiro atoms. The summed E-state index contributed by atoms with van der Waals surface area (Å²) in [7, 11) is -3.44. The molecule has 1 aromatic heterocycles. The lowest BCUT2D eigenvalue weighted by Gasteiger charge is -2.31. The smallest absolute Gasteiger partial charge is 0.243 e. The van der Waals surface area contributed by atoms with Crippen LogP contribution in [0, 0.1) is 4.77 Å². The predicted octanol–water partition coefficient (Wildman–Crippen LogP) is 1.10. The molecule has 1 N–H and O–H groups in total. The van der Waals surface area contributed by atoms with Gasteiger partial charge in [-0.05, 0) is 42.8 Å². The molecule has 9 heteroatoms. The molecule has 2 heterocycles. The zero-order valence-corrected chi connectivity index (χ0v) is 17.8. The zero-order valence-electron chi connectivity index (χ0n) is 16.1. The molecule has 0 unspecified atom stereocenters. The quantitative estimate of drug-likeness (QED) is 0.725. The van der Waals surface area contributed by atoms with Crippen LogP contribution >= 0.6 is 12.2 Å². The molecule has 1 aliphatic heterocycles. The van der Waals surface area contributed by atoms with E-state index in [4.69, 9.17) is 12.2 Å². The van der Waals surface area contributed by atoms with Crippen molar-refractivity contribution in [2.24, 2.45) is 0 Å². The molecule has 2 aromatic rings. The normalized spacial score (nSPS) is 16.9. The van der Waals surface area contributed by atoms with Gasteiger partial charge in [0, 0.05) is 6.54 Å². The second-order valence-corrected chi connectivity index (χ2v) is 9.54. The van der Waals surface area contributed by atoms with Gasteiger partial charge in [-0.2, -0.15) is 14.1 Å². The Balaban J connectivity index is 1.63. The number of benzene rings is 1. The van der Waals surface area contributed by atoms with Crippen LogP contribution in [0.4, 0.5) is 0 Å². The van der Waals surface area contributed by atoms with Gasteiger partial charge in [-0.3, -0.25) is 0 Å². The predicted molar refractivity (Wildman–Crippen MR) is 107 cm³/mol. The Kier molecular flexibility index (Phi) is 6.15. The number of rotatable bonds is 6. The first-order valence-corrected chi connectivity index (χ1v) is 11.2. The molecule has 0 radical (unpaired) electrons. The van der Waals surface area contributed by atoms with Crippen molar-refractivity contribution in [1.82, 2.24) is 18.7 Å². The van der Waals surface area contributed by atoms with Gasteiger partial charge in [0.05, 0.1) is 31.1 Å². The molecular formula is C18H28N5O2S2+. The summed E-state index contributed by atoms with van der Waals surface area (Å²) in [6.07, 6.45) is 1.75.